The second-order valence-corrected chi connectivity index (χ2v) is 3.71. The summed E-state index contributed by atoms with van der Waals surface area (Å²) in [7, 11) is 1.91. The summed E-state index contributed by atoms with van der Waals surface area (Å²) in [5, 5.41) is 3.05. The number of rotatable bonds is 5. The van der Waals surface area contributed by atoms with E-state index in [9.17, 15) is 0 Å². The van der Waals surface area contributed by atoms with Crippen molar-refractivity contribution < 1.29 is 0 Å². The van der Waals surface area contributed by atoms with E-state index in [2.05, 4.69) is 31.1 Å². The van der Waals surface area contributed by atoms with Crippen molar-refractivity contribution in [2.75, 3.05) is 7.05 Å². The lowest BCUT2D eigenvalue weighted by Crippen LogP contribution is -2.03. The highest BCUT2D eigenvalue weighted by Gasteiger charge is 1.99. The first-order valence-electron chi connectivity index (χ1n) is 5.00. The summed E-state index contributed by atoms with van der Waals surface area (Å²) in [4.78, 5) is 4.45. The van der Waals surface area contributed by atoms with Crippen molar-refractivity contribution in [3.8, 4) is 0 Å². The summed E-state index contributed by atoms with van der Waals surface area (Å²) >= 11 is 0. The predicted octanol–water partition coefficient (Wildman–Crippen LogP) is 2.96. The lowest BCUT2D eigenvalue weighted by molar-refractivity contribution is 0.678. The van der Waals surface area contributed by atoms with E-state index in [0.717, 1.165) is 18.5 Å². The number of allylic oxidation sites excluding steroid dienone is 1. The van der Waals surface area contributed by atoms with E-state index in [0.29, 0.717) is 5.92 Å². The Labute approximate surface area is 82.1 Å². The molecule has 0 aliphatic carbocycles. The molecule has 0 fully saturated rings. The highest BCUT2D eigenvalue weighted by molar-refractivity contribution is 5.84. The molecule has 0 unspecified atom stereocenters. The summed E-state index contributed by atoms with van der Waals surface area (Å²) in [6.07, 6.45) is 4.05. The molecule has 0 amide bonds. The average molecular weight is 182 g/mol. The molecule has 76 valence electrons. The molecule has 0 aromatic heterocycles. The Morgan fingerprint density at radius 1 is 1.46 bits per heavy atom. The minimum Gasteiger partial charge on any atom is -0.390 e. The molecule has 1 N–H and O–H groups in total. The normalized spacial score (nSPS) is 13.7. The van der Waals surface area contributed by atoms with E-state index in [1.54, 1.807) is 0 Å². The zero-order chi connectivity index (χ0) is 10.3. The summed E-state index contributed by atoms with van der Waals surface area (Å²) in [5.41, 5.74) is 2.39. The molecule has 0 saturated heterocycles. The van der Waals surface area contributed by atoms with Gasteiger partial charge in [-0.05, 0) is 25.7 Å². The first-order chi connectivity index (χ1) is 6.10. The number of hydrogen-bond donors (Lipinski definition) is 1. The maximum Gasteiger partial charge on any atom is 0.0453 e. The average Bonchev–Trinajstić information content (AvgIpc) is 2.10. The van der Waals surface area contributed by atoms with Crippen LogP contribution in [0.4, 0.5) is 0 Å². The lowest BCUT2D eigenvalue weighted by atomic mass is 10.1. The van der Waals surface area contributed by atoms with Crippen LogP contribution in [-0.4, -0.2) is 12.8 Å². The minimum absolute atomic E-state index is 0.696. The van der Waals surface area contributed by atoms with Gasteiger partial charge in [-0.25, -0.2) is 0 Å². The molecule has 2 heteroatoms. The van der Waals surface area contributed by atoms with Crippen LogP contribution in [0.5, 0.6) is 0 Å². The van der Waals surface area contributed by atoms with Crippen molar-refractivity contribution in [3.63, 3.8) is 0 Å². The SMILES string of the molecule is CCC(CC(C)C)=N/C=C(/C)NC. The molecular weight excluding hydrogens is 160 g/mol. The third-order valence-corrected chi connectivity index (χ3v) is 1.89. The van der Waals surface area contributed by atoms with Gasteiger partial charge in [0.05, 0.1) is 0 Å². The quantitative estimate of drug-likeness (QED) is 0.649. The lowest BCUT2D eigenvalue weighted by Gasteiger charge is -2.05. The van der Waals surface area contributed by atoms with Crippen LogP contribution in [-0.2, 0) is 0 Å². The molecule has 13 heavy (non-hydrogen) atoms. The maximum absolute atomic E-state index is 4.45. The standard InChI is InChI=1S/C11H22N2/c1-6-11(7-9(2)3)13-8-10(4)12-5/h8-9,12H,6-7H2,1-5H3/b10-8-,13-11?. The Morgan fingerprint density at radius 2 is 2.08 bits per heavy atom. The van der Waals surface area contributed by atoms with Crippen molar-refractivity contribution in [3.05, 3.63) is 11.9 Å². The molecule has 0 atom stereocenters. The number of aliphatic imine (C=N–C) groups is 1. The van der Waals surface area contributed by atoms with Gasteiger partial charge in [0.15, 0.2) is 0 Å². The van der Waals surface area contributed by atoms with Crippen LogP contribution in [0.15, 0.2) is 16.9 Å². The molecule has 0 spiro atoms. The van der Waals surface area contributed by atoms with Crippen molar-refractivity contribution in [1.29, 1.82) is 0 Å². The van der Waals surface area contributed by atoms with E-state index < -0.39 is 0 Å². The largest absolute Gasteiger partial charge is 0.390 e. The predicted molar refractivity (Wildman–Crippen MR) is 60.0 cm³/mol. The zero-order valence-electron chi connectivity index (χ0n) is 9.52. The molecule has 0 aliphatic heterocycles. The van der Waals surface area contributed by atoms with Gasteiger partial charge in [0.25, 0.3) is 0 Å². The van der Waals surface area contributed by atoms with Gasteiger partial charge in [-0.15, -0.1) is 0 Å². The zero-order valence-corrected chi connectivity index (χ0v) is 9.52. The van der Waals surface area contributed by atoms with Crippen LogP contribution in [0.3, 0.4) is 0 Å². The maximum atomic E-state index is 4.45. The Hall–Kier alpha value is -0.790. The van der Waals surface area contributed by atoms with Gasteiger partial charge in [0.2, 0.25) is 0 Å². The van der Waals surface area contributed by atoms with Gasteiger partial charge in [-0.2, -0.15) is 0 Å². The van der Waals surface area contributed by atoms with Gasteiger partial charge >= 0.3 is 0 Å². The van der Waals surface area contributed by atoms with Gasteiger partial charge in [0, 0.05) is 24.7 Å². The molecule has 0 heterocycles. The van der Waals surface area contributed by atoms with Gasteiger partial charge < -0.3 is 5.32 Å². The first-order valence-corrected chi connectivity index (χ1v) is 5.00. The van der Waals surface area contributed by atoms with E-state index in [-0.39, 0.29) is 0 Å². The molecule has 0 aromatic rings. The molecule has 0 saturated carbocycles. The van der Waals surface area contributed by atoms with E-state index in [4.69, 9.17) is 0 Å². The van der Waals surface area contributed by atoms with Crippen molar-refractivity contribution in [1.82, 2.24) is 5.32 Å². The fourth-order valence-electron chi connectivity index (χ4n) is 1.01. The third kappa shape index (κ3) is 6.38. The highest BCUT2D eigenvalue weighted by Crippen LogP contribution is 2.05. The fraction of sp³-hybridized carbons (Fsp3) is 0.727. The third-order valence-electron chi connectivity index (χ3n) is 1.89. The smallest absolute Gasteiger partial charge is 0.0453 e. The van der Waals surface area contributed by atoms with E-state index >= 15 is 0 Å². The second kappa shape index (κ2) is 6.70. The number of hydrogen-bond acceptors (Lipinski definition) is 2. The van der Waals surface area contributed by atoms with Crippen molar-refractivity contribution >= 4 is 5.71 Å². The number of nitrogens with zero attached hydrogens (tertiary/aromatic N) is 1. The molecule has 0 aromatic carbocycles. The highest BCUT2D eigenvalue weighted by atomic mass is 14.9. The Bertz CT molecular complexity index is 190. The van der Waals surface area contributed by atoms with Gasteiger partial charge in [-0.3, -0.25) is 4.99 Å². The summed E-state index contributed by atoms with van der Waals surface area (Å²) in [6.45, 7) is 8.62. The Morgan fingerprint density at radius 3 is 2.46 bits per heavy atom. The second-order valence-electron chi connectivity index (χ2n) is 3.71. The van der Waals surface area contributed by atoms with Crippen molar-refractivity contribution in [2.45, 2.75) is 40.5 Å². The topological polar surface area (TPSA) is 24.4 Å². The summed E-state index contributed by atoms with van der Waals surface area (Å²) in [6, 6.07) is 0. The van der Waals surface area contributed by atoms with Gasteiger partial charge in [-0.1, -0.05) is 20.8 Å². The van der Waals surface area contributed by atoms with E-state index in [1.807, 2.05) is 20.2 Å². The molecule has 0 radical (unpaired) electrons. The molecule has 2 nitrogen and oxygen atoms in total. The number of nitrogens with one attached hydrogen (secondary N) is 1. The minimum atomic E-state index is 0.696. The van der Waals surface area contributed by atoms with Crippen LogP contribution < -0.4 is 5.32 Å². The van der Waals surface area contributed by atoms with Crippen molar-refractivity contribution in [2.24, 2.45) is 10.9 Å². The molecule has 0 rings (SSSR count). The van der Waals surface area contributed by atoms with Gasteiger partial charge in [0.1, 0.15) is 0 Å². The Kier molecular flexibility index (Phi) is 6.29. The van der Waals surface area contributed by atoms with Crippen LogP contribution in [0.25, 0.3) is 0 Å². The molecular formula is C11H22N2. The van der Waals surface area contributed by atoms with Crippen LogP contribution >= 0.6 is 0 Å². The molecule has 0 bridgehead atoms. The first kappa shape index (κ1) is 12.2. The van der Waals surface area contributed by atoms with Crippen LogP contribution in [0, 0.1) is 5.92 Å². The van der Waals surface area contributed by atoms with E-state index in [1.165, 1.54) is 5.71 Å². The fourth-order valence-corrected chi connectivity index (χ4v) is 1.01. The Balaban J connectivity index is 4.22. The van der Waals surface area contributed by atoms with Crippen LogP contribution in [0.1, 0.15) is 40.5 Å². The van der Waals surface area contributed by atoms with Crippen LogP contribution in [0.2, 0.25) is 0 Å². The monoisotopic (exact) mass is 182 g/mol. The summed E-state index contributed by atoms with van der Waals surface area (Å²) in [5.74, 6) is 0.696. The molecule has 0 aliphatic rings. The summed E-state index contributed by atoms with van der Waals surface area (Å²) < 4.78 is 0.